The number of aliphatic carboxylic acids is 1. The standard InChI is InChI=1S/C18H14BrNO6.C7H15N/c19-15-4-2-1-3-12(15)10-26-18(25)20-16(17(23)24)14(9-21)11-5-7-13(22)8-6-11;1-8-7-5-3-2-4-6-7/h1-8,16,22H,10H2,(H,20,25)(H,23,24);7-8H,2-6H2,1H3/t16-;/m0./s1. The summed E-state index contributed by atoms with van der Waals surface area (Å²) in [6.07, 6.45) is 6.13. The second-order valence-corrected chi connectivity index (χ2v) is 8.62. The minimum Gasteiger partial charge on any atom is -0.508 e. The van der Waals surface area contributed by atoms with Crippen LogP contribution in [0, 0.1) is 0 Å². The Kier molecular flexibility index (Phi) is 11.3. The SMILES string of the molecule is CNC1CCCCC1.O=C=C(c1ccc(O)cc1)[C@H](NC(=O)OCc1ccccc1Br)C(=O)O. The van der Waals surface area contributed by atoms with Gasteiger partial charge in [-0.25, -0.2) is 14.4 Å². The number of carbonyl (C=O) groups excluding carboxylic acids is 2. The van der Waals surface area contributed by atoms with Gasteiger partial charge in [0.15, 0.2) is 6.04 Å². The molecule has 1 aliphatic rings. The molecule has 0 bridgehead atoms. The van der Waals surface area contributed by atoms with Gasteiger partial charge in [-0.2, -0.15) is 0 Å². The Labute approximate surface area is 207 Å². The molecule has 9 heteroatoms. The van der Waals surface area contributed by atoms with Gasteiger partial charge in [-0.3, -0.25) is 0 Å². The van der Waals surface area contributed by atoms with Crippen LogP contribution in [0.2, 0.25) is 0 Å². The highest BCUT2D eigenvalue weighted by atomic mass is 79.9. The molecular formula is C25H29BrN2O6. The third-order valence-electron chi connectivity index (χ3n) is 5.42. The number of rotatable bonds is 7. The Morgan fingerprint density at radius 1 is 1.12 bits per heavy atom. The van der Waals surface area contributed by atoms with Crippen LogP contribution in [0.4, 0.5) is 4.79 Å². The molecule has 4 N–H and O–H groups in total. The maximum atomic E-state index is 12.0. The minimum atomic E-state index is -1.65. The topological polar surface area (TPSA) is 125 Å². The fourth-order valence-electron chi connectivity index (χ4n) is 3.49. The lowest BCUT2D eigenvalue weighted by molar-refractivity contribution is -0.137. The Morgan fingerprint density at radius 2 is 1.76 bits per heavy atom. The third-order valence-corrected chi connectivity index (χ3v) is 6.19. The highest BCUT2D eigenvalue weighted by Gasteiger charge is 2.27. The lowest BCUT2D eigenvalue weighted by atomic mass is 9.96. The van der Waals surface area contributed by atoms with Crippen molar-refractivity contribution in [3.8, 4) is 5.75 Å². The molecule has 34 heavy (non-hydrogen) atoms. The van der Waals surface area contributed by atoms with Crippen molar-refractivity contribution in [1.82, 2.24) is 10.6 Å². The smallest absolute Gasteiger partial charge is 0.408 e. The molecule has 182 valence electrons. The van der Waals surface area contributed by atoms with Crippen LogP contribution in [0.15, 0.2) is 53.0 Å². The van der Waals surface area contributed by atoms with E-state index in [9.17, 15) is 24.6 Å². The molecule has 0 unspecified atom stereocenters. The van der Waals surface area contributed by atoms with Crippen LogP contribution in [0.5, 0.6) is 5.75 Å². The Balaban J connectivity index is 0.000000430. The number of alkyl carbamates (subject to hydrolysis) is 1. The van der Waals surface area contributed by atoms with E-state index in [4.69, 9.17) is 4.74 Å². The van der Waals surface area contributed by atoms with E-state index < -0.39 is 18.1 Å². The van der Waals surface area contributed by atoms with Crippen molar-refractivity contribution in [2.45, 2.75) is 50.8 Å². The number of benzene rings is 2. The molecule has 2 aromatic rings. The number of phenolic OH excluding ortho intramolecular Hbond substituents is 1. The lowest BCUT2D eigenvalue weighted by Gasteiger charge is -2.20. The molecule has 0 spiro atoms. The average Bonchev–Trinajstić information content (AvgIpc) is 2.85. The van der Waals surface area contributed by atoms with Crippen molar-refractivity contribution >= 4 is 39.5 Å². The van der Waals surface area contributed by atoms with Gasteiger partial charge in [0, 0.05) is 16.1 Å². The summed E-state index contributed by atoms with van der Waals surface area (Å²) in [6, 6.07) is 11.5. The summed E-state index contributed by atoms with van der Waals surface area (Å²) in [5, 5.41) is 24.1. The molecule has 1 aliphatic carbocycles. The van der Waals surface area contributed by atoms with Crippen molar-refractivity contribution in [1.29, 1.82) is 0 Å². The summed E-state index contributed by atoms with van der Waals surface area (Å²) in [5.41, 5.74) is 0.603. The molecule has 8 nitrogen and oxygen atoms in total. The minimum absolute atomic E-state index is 0.0494. The number of aromatic hydroxyl groups is 1. The van der Waals surface area contributed by atoms with E-state index in [2.05, 4.69) is 33.6 Å². The summed E-state index contributed by atoms with van der Waals surface area (Å²) in [4.78, 5) is 34.7. The van der Waals surface area contributed by atoms with Gasteiger partial charge >= 0.3 is 12.1 Å². The van der Waals surface area contributed by atoms with E-state index in [1.54, 1.807) is 24.3 Å². The summed E-state index contributed by atoms with van der Waals surface area (Å²) < 4.78 is 5.75. The van der Waals surface area contributed by atoms with Gasteiger partial charge in [-0.1, -0.05) is 65.5 Å². The van der Waals surface area contributed by atoms with Gasteiger partial charge in [0.2, 0.25) is 0 Å². The summed E-state index contributed by atoms with van der Waals surface area (Å²) >= 11 is 3.31. The normalized spacial score (nSPS) is 14.1. The first-order chi connectivity index (χ1) is 16.3. The van der Waals surface area contributed by atoms with Crippen molar-refractivity contribution in [3.63, 3.8) is 0 Å². The first-order valence-corrected chi connectivity index (χ1v) is 11.8. The lowest BCUT2D eigenvalue weighted by Crippen LogP contribution is -2.42. The predicted molar refractivity (Wildman–Crippen MR) is 132 cm³/mol. The Hall–Kier alpha value is -3.13. The zero-order valence-electron chi connectivity index (χ0n) is 18.9. The van der Waals surface area contributed by atoms with E-state index in [0.29, 0.717) is 5.56 Å². The number of nitrogens with one attached hydrogen (secondary N) is 2. The van der Waals surface area contributed by atoms with E-state index in [-0.39, 0.29) is 23.5 Å². The van der Waals surface area contributed by atoms with Crippen LogP contribution in [0.3, 0.4) is 0 Å². The average molecular weight is 533 g/mol. The second-order valence-electron chi connectivity index (χ2n) is 7.77. The van der Waals surface area contributed by atoms with Crippen LogP contribution < -0.4 is 10.6 Å². The van der Waals surface area contributed by atoms with Crippen molar-refractivity contribution in [2.24, 2.45) is 0 Å². The molecule has 3 rings (SSSR count). The Morgan fingerprint density at radius 3 is 2.29 bits per heavy atom. The van der Waals surface area contributed by atoms with Crippen LogP contribution in [0.25, 0.3) is 5.57 Å². The number of hydrogen-bond donors (Lipinski definition) is 4. The molecule has 0 radical (unpaired) electrons. The zero-order chi connectivity index (χ0) is 24.9. The molecule has 1 saturated carbocycles. The fraction of sp³-hybridized carbons (Fsp3) is 0.360. The maximum Gasteiger partial charge on any atom is 0.408 e. The molecule has 0 aliphatic heterocycles. The quantitative estimate of drug-likeness (QED) is 0.392. The van der Waals surface area contributed by atoms with Crippen LogP contribution in [0.1, 0.15) is 43.2 Å². The van der Waals surface area contributed by atoms with Crippen molar-refractivity contribution in [3.05, 3.63) is 64.1 Å². The number of phenols is 1. The predicted octanol–water partition coefficient (Wildman–Crippen LogP) is 4.29. The van der Waals surface area contributed by atoms with E-state index in [1.165, 1.54) is 62.3 Å². The highest BCUT2D eigenvalue weighted by Crippen LogP contribution is 2.20. The fourth-order valence-corrected chi connectivity index (χ4v) is 3.89. The van der Waals surface area contributed by atoms with E-state index >= 15 is 0 Å². The van der Waals surface area contributed by atoms with Gasteiger partial charge in [-0.15, -0.1) is 0 Å². The molecule has 0 heterocycles. The third kappa shape index (κ3) is 8.67. The first kappa shape index (κ1) is 27.1. The van der Waals surface area contributed by atoms with Gasteiger partial charge < -0.3 is 25.6 Å². The number of ether oxygens (including phenoxy) is 1. The van der Waals surface area contributed by atoms with Gasteiger partial charge in [0.25, 0.3) is 0 Å². The highest BCUT2D eigenvalue weighted by molar-refractivity contribution is 9.10. The number of carboxylic acids is 1. The Bertz CT molecular complexity index is 999. The summed E-state index contributed by atoms with van der Waals surface area (Å²) in [6.45, 7) is -0.0844. The monoisotopic (exact) mass is 532 g/mol. The summed E-state index contributed by atoms with van der Waals surface area (Å²) in [7, 11) is 2.07. The van der Waals surface area contributed by atoms with E-state index in [1.807, 2.05) is 0 Å². The van der Waals surface area contributed by atoms with Gasteiger partial charge in [0.05, 0.1) is 5.57 Å². The molecular weight excluding hydrogens is 504 g/mol. The number of carbonyl (C=O) groups is 2. The molecule has 0 saturated heterocycles. The molecule has 1 atom stereocenters. The number of halogens is 1. The van der Waals surface area contributed by atoms with Gasteiger partial charge in [0.1, 0.15) is 18.3 Å². The van der Waals surface area contributed by atoms with Crippen molar-refractivity contribution in [2.75, 3.05) is 7.05 Å². The molecule has 0 aromatic heterocycles. The molecule has 1 fully saturated rings. The van der Waals surface area contributed by atoms with Crippen LogP contribution in [-0.2, 0) is 20.9 Å². The maximum absolute atomic E-state index is 12.0. The molecule has 1 amide bonds. The van der Waals surface area contributed by atoms with E-state index in [0.717, 1.165) is 10.5 Å². The largest absolute Gasteiger partial charge is 0.508 e. The van der Waals surface area contributed by atoms with Crippen LogP contribution >= 0.6 is 15.9 Å². The zero-order valence-corrected chi connectivity index (χ0v) is 20.5. The first-order valence-electron chi connectivity index (χ1n) is 11.0. The number of amides is 1. The van der Waals surface area contributed by atoms with Gasteiger partial charge in [-0.05, 0) is 43.7 Å². The number of hydrogen-bond acceptors (Lipinski definition) is 6. The number of carboxylic acid groups (broad SMARTS) is 1. The summed E-state index contributed by atoms with van der Waals surface area (Å²) in [5.74, 6) is 0.0348. The van der Waals surface area contributed by atoms with Crippen LogP contribution in [-0.4, -0.2) is 47.3 Å². The molecule has 2 aromatic carbocycles. The second kappa shape index (κ2) is 14.2. The van der Waals surface area contributed by atoms with Crippen molar-refractivity contribution < 1.29 is 29.3 Å².